The van der Waals surface area contributed by atoms with Crippen molar-refractivity contribution < 1.29 is 4.52 Å². The van der Waals surface area contributed by atoms with Crippen LogP contribution in [-0.2, 0) is 6.54 Å². The number of hydrogen-bond acceptors (Lipinski definition) is 3. The first-order chi connectivity index (χ1) is 8.38. The second kappa shape index (κ2) is 4.03. The van der Waals surface area contributed by atoms with Crippen molar-refractivity contribution in [3.8, 4) is 11.3 Å². The highest BCUT2D eigenvalue weighted by molar-refractivity contribution is 5.91. The number of rotatable bonds is 2. The van der Waals surface area contributed by atoms with Crippen molar-refractivity contribution in [1.82, 2.24) is 5.16 Å². The number of aromatic nitrogens is 1. The molecule has 0 fully saturated rings. The van der Waals surface area contributed by atoms with Gasteiger partial charge in [0, 0.05) is 17.5 Å². The Bertz CT molecular complexity index is 641. The van der Waals surface area contributed by atoms with Crippen LogP contribution in [0, 0.1) is 0 Å². The van der Waals surface area contributed by atoms with Crippen LogP contribution in [0.2, 0.25) is 0 Å². The van der Waals surface area contributed by atoms with E-state index < -0.39 is 0 Å². The minimum absolute atomic E-state index is 0.553. The molecule has 0 aliphatic heterocycles. The Labute approximate surface area is 98.8 Å². The zero-order chi connectivity index (χ0) is 11.7. The van der Waals surface area contributed by atoms with Crippen molar-refractivity contribution in [2.75, 3.05) is 0 Å². The Balaban J connectivity index is 2.13. The van der Waals surface area contributed by atoms with E-state index in [2.05, 4.69) is 5.16 Å². The minimum Gasteiger partial charge on any atom is -0.355 e. The molecule has 3 heteroatoms. The molecule has 0 unspecified atom stereocenters. The van der Waals surface area contributed by atoms with Gasteiger partial charge in [0.05, 0.1) is 0 Å². The maximum Gasteiger partial charge on any atom is 0.174 e. The van der Waals surface area contributed by atoms with E-state index in [-0.39, 0.29) is 0 Å². The van der Waals surface area contributed by atoms with E-state index in [0.717, 1.165) is 27.8 Å². The van der Waals surface area contributed by atoms with Gasteiger partial charge in [-0.2, -0.15) is 0 Å². The van der Waals surface area contributed by atoms with Crippen LogP contribution in [0.25, 0.3) is 22.2 Å². The first-order valence-corrected chi connectivity index (χ1v) is 5.52. The molecule has 0 atom stereocenters. The summed E-state index contributed by atoms with van der Waals surface area (Å²) in [4.78, 5) is 0. The zero-order valence-corrected chi connectivity index (χ0v) is 9.26. The Kier molecular flexibility index (Phi) is 2.38. The molecule has 3 rings (SSSR count). The summed E-state index contributed by atoms with van der Waals surface area (Å²) < 4.78 is 5.39. The van der Waals surface area contributed by atoms with Crippen LogP contribution in [-0.4, -0.2) is 5.16 Å². The van der Waals surface area contributed by atoms with Gasteiger partial charge in [-0.3, -0.25) is 0 Å². The van der Waals surface area contributed by atoms with Crippen molar-refractivity contribution in [3.05, 3.63) is 54.1 Å². The molecule has 17 heavy (non-hydrogen) atoms. The van der Waals surface area contributed by atoms with E-state index >= 15 is 0 Å². The third kappa shape index (κ3) is 1.70. The van der Waals surface area contributed by atoms with E-state index in [9.17, 15) is 0 Å². The summed E-state index contributed by atoms with van der Waals surface area (Å²) in [5.74, 6) is 0.809. The molecule has 0 aliphatic rings. The Hall–Kier alpha value is -2.13. The predicted octanol–water partition coefficient (Wildman–Crippen LogP) is 2.95. The summed E-state index contributed by atoms with van der Waals surface area (Å²) in [5.41, 5.74) is 8.59. The maximum absolute atomic E-state index is 5.57. The Morgan fingerprint density at radius 2 is 1.76 bits per heavy atom. The molecule has 0 saturated carbocycles. The summed E-state index contributed by atoms with van der Waals surface area (Å²) in [6.07, 6.45) is 0. The van der Waals surface area contributed by atoms with Crippen LogP contribution in [0.3, 0.4) is 0 Å². The van der Waals surface area contributed by atoms with Gasteiger partial charge in [0.15, 0.2) is 5.76 Å². The minimum atomic E-state index is 0.553. The lowest BCUT2D eigenvalue weighted by Crippen LogP contribution is -1.94. The average molecular weight is 224 g/mol. The predicted molar refractivity (Wildman–Crippen MR) is 67.3 cm³/mol. The van der Waals surface area contributed by atoms with Gasteiger partial charge >= 0.3 is 0 Å². The number of nitrogens with two attached hydrogens (primary N) is 1. The second-order valence-electron chi connectivity index (χ2n) is 3.93. The third-order valence-corrected chi connectivity index (χ3v) is 2.84. The fraction of sp³-hybridized carbons (Fsp3) is 0.0714. The van der Waals surface area contributed by atoms with Crippen LogP contribution in [0.1, 0.15) is 5.56 Å². The smallest absolute Gasteiger partial charge is 0.174 e. The summed E-state index contributed by atoms with van der Waals surface area (Å²) in [5, 5.41) is 5.07. The van der Waals surface area contributed by atoms with E-state index in [4.69, 9.17) is 10.3 Å². The number of fused-ring (bicyclic) bond motifs is 1. The first kappa shape index (κ1) is 10.1. The zero-order valence-electron chi connectivity index (χ0n) is 9.26. The summed E-state index contributed by atoms with van der Waals surface area (Å²) in [6.45, 7) is 0.553. The van der Waals surface area contributed by atoms with Gasteiger partial charge in [0.1, 0.15) is 5.52 Å². The van der Waals surface area contributed by atoms with Crippen LogP contribution in [0.15, 0.2) is 53.1 Å². The Morgan fingerprint density at radius 1 is 1.00 bits per heavy atom. The first-order valence-electron chi connectivity index (χ1n) is 5.52. The molecule has 0 saturated heterocycles. The van der Waals surface area contributed by atoms with Crippen LogP contribution in [0.4, 0.5) is 0 Å². The fourth-order valence-corrected chi connectivity index (χ4v) is 1.89. The molecule has 3 nitrogen and oxygen atoms in total. The van der Waals surface area contributed by atoms with Crippen molar-refractivity contribution in [3.63, 3.8) is 0 Å². The molecule has 1 aromatic heterocycles. The molecule has 1 heterocycles. The summed E-state index contributed by atoms with van der Waals surface area (Å²) in [7, 11) is 0. The lowest BCUT2D eigenvalue weighted by molar-refractivity contribution is 0.441. The standard InChI is InChI=1S/C14H12N2O/c15-9-10-5-7-11(8-6-10)14-12-3-1-2-4-13(12)16-17-14/h1-8H,9,15H2. The molecule has 3 aromatic rings. The molecule has 0 spiro atoms. The van der Waals surface area contributed by atoms with Gasteiger partial charge in [-0.1, -0.05) is 41.6 Å². The van der Waals surface area contributed by atoms with Gasteiger partial charge in [0.2, 0.25) is 0 Å². The lowest BCUT2D eigenvalue weighted by atomic mass is 10.1. The van der Waals surface area contributed by atoms with Gasteiger partial charge in [-0.25, -0.2) is 0 Å². The van der Waals surface area contributed by atoms with E-state index in [1.54, 1.807) is 0 Å². The third-order valence-electron chi connectivity index (χ3n) is 2.84. The molecule has 2 N–H and O–H groups in total. The number of hydrogen-bond donors (Lipinski definition) is 1. The highest BCUT2D eigenvalue weighted by Crippen LogP contribution is 2.28. The monoisotopic (exact) mass is 224 g/mol. The summed E-state index contributed by atoms with van der Waals surface area (Å²) in [6, 6.07) is 15.9. The van der Waals surface area contributed by atoms with Crippen molar-refractivity contribution in [2.45, 2.75) is 6.54 Å². The molecule has 2 aromatic carbocycles. The van der Waals surface area contributed by atoms with Gasteiger partial charge in [0.25, 0.3) is 0 Å². The molecular weight excluding hydrogens is 212 g/mol. The normalized spacial score (nSPS) is 10.9. The van der Waals surface area contributed by atoms with E-state index in [1.165, 1.54) is 0 Å². The van der Waals surface area contributed by atoms with Gasteiger partial charge in [-0.15, -0.1) is 0 Å². The van der Waals surface area contributed by atoms with E-state index in [0.29, 0.717) is 6.54 Å². The molecule has 0 radical (unpaired) electrons. The van der Waals surface area contributed by atoms with Crippen molar-refractivity contribution in [2.24, 2.45) is 5.73 Å². The molecule has 0 aliphatic carbocycles. The molecule has 0 bridgehead atoms. The van der Waals surface area contributed by atoms with E-state index in [1.807, 2.05) is 48.5 Å². The number of nitrogens with zero attached hydrogens (tertiary/aromatic N) is 1. The SMILES string of the molecule is NCc1ccc(-c2onc3ccccc23)cc1. The highest BCUT2D eigenvalue weighted by Gasteiger charge is 2.09. The van der Waals surface area contributed by atoms with Gasteiger partial charge in [-0.05, 0) is 17.7 Å². The van der Waals surface area contributed by atoms with Crippen LogP contribution < -0.4 is 5.73 Å². The Morgan fingerprint density at radius 3 is 2.53 bits per heavy atom. The lowest BCUT2D eigenvalue weighted by Gasteiger charge is -1.99. The largest absolute Gasteiger partial charge is 0.355 e. The fourth-order valence-electron chi connectivity index (χ4n) is 1.89. The molecule has 84 valence electrons. The highest BCUT2D eigenvalue weighted by atomic mass is 16.5. The summed E-state index contributed by atoms with van der Waals surface area (Å²) >= 11 is 0. The van der Waals surface area contributed by atoms with Crippen LogP contribution in [0.5, 0.6) is 0 Å². The molecule has 0 amide bonds. The average Bonchev–Trinajstić information content (AvgIpc) is 2.83. The van der Waals surface area contributed by atoms with Crippen LogP contribution >= 0.6 is 0 Å². The number of benzene rings is 2. The molecular formula is C14H12N2O. The maximum atomic E-state index is 5.57. The topological polar surface area (TPSA) is 52.0 Å². The van der Waals surface area contributed by atoms with Crippen molar-refractivity contribution >= 4 is 10.9 Å². The van der Waals surface area contributed by atoms with Crippen molar-refractivity contribution in [1.29, 1.82) is 0 Å². The quantitative estimate of drug-likeness (QED) is 0.728. The van der Waals surface area contributed by atoms with Gasteiger partial charge < -0.3 is 10.3 Å². The second-order valence-corrected chi connectivity index (χ2v) is 3.93.